The van der Waals surface area contributed by atoms with E-state index in [1.807, 2.05) is 51.1 Å². The topological polar surface area (TPSA) is 141 Å². The van der Waals surface area contributed by atoms with Gasteiger partial charge in [0.15, 0.2) is 0 Å². The highest BCUT2D eigenvalue weighted by Crippen LogP contribution is 2.27. The Balaban J connectivity index is 1.44. The average Bonchev–Trinajstić information content (AvgIpc) is 3.72. The van der Waals surface area contributed by atoms with Crippen LogP contribution in [0.15, 0.2) is 79.3 Å². The lowest BCUT2D eigenvalue weighted by Gasteiger charge is -2.37. The third-order valence-electron chi connectivity index (χ3n) is 9.25. The molecule has 1 fully saturated rings. The van der Waals surface area contributed by atoms with Crippen LogP contribution in [0.5, 0.6) is 0 Å². The molecule has 1 aliphatic heterocycles. The van der Waals surface area contributed by atoms with Crippen molar-refractivity contribution in [3.8, 4) is 0 Å². The van der Waals surface area contributed by atoms with Crippen molar-refractivity contribution in [3.05, 3.63) is 102 Å². The summed E-state index contributed by atoms with van der Waals surface area (Å²) in [6.07, 6.45) is 5.97. The SMILES string of the molecule is CN[C@@H](C)C(=O)N[C@H](C(=O)N1C[C@@H](NC(=O)Cc2ccccc2)C[C@H]1CN(CCc1ccc(F)cc1)C(=O)c1cn2cccnc2n1)C(C)(C)C. The molecule has 2 aromatic carbocycles. The summed E-state index contributed by atoms with van der Waals surface area (Å²) in [5, 5.41) is 8.98. The smallest absolute Gasteiger partial charge is 0.274 e. The summed E-state index contributed by atoms with van der Waals surface area (Å²) in [5.74, 6) is -1.12. The number of halogens is 1. The second kappa shape index (κ2) is 16.2. The van der Waals surface area contributed by atoms with E-state index in [1.165, 1.54) is 12.1 Å². The minimum Gasteiger partial charge on any atom is -0.351 e. The Labute approximate surface area is 297 Å². The van der Waals surface area contributed by atoms with Crippen LogP contribution in [0.2, 0.25) is 0 Å². The van der Waals surface area contributed by atoms with Gasteiger partial charge in [0.2, 0.25) is 23.5 Å². The third kappa shape index (κ3) is 9.54. The summed E-state index contributed by atoms with van der Waals surface area (Å²) in [6, 6.07) is 15.0. The predicted molar refractivity (Wildman–Crippen MR) is 191 cm³/mol. The number of nitrogens with one attached hydrogen (secondary N) is 3. The molecular formula is C38H47FN8O4. The van der Waals surface area contributed by atoms with Crippen molar-refractivity contribution < 1.29 is 23.6 Å². The first-order valence-corrected chi connectivity index (χ1v) is 17.3. The van der Waals surface area contributed by atoms with Gasteiger partial charge in [0.05, 0.1) is 18.5 Å². The molecule has 0 bridgehead atoms. The summed E-state index contributed by atoms with van der Waals surface area (Å²) in [4.78, 5) is 67.0. The molecule has 2 aromatic heterocycles. The highest BCUT2D eigenvalue weighted by Gasteiger charge is 2.44. The second-order valence-corrected chi connectivity index (χ2v) is 14.2. The zero-order valence-corrected chi connectivity index (χ0v) is 29.8. The zero-order valence-electron chi connectivity index (χ0n) is 29.8. The van der Waals surface area contributed by atoms with E-state index < -0.39 is 29.6 Å². The molecule has 12 nitrogen and oxygen atoms in total. The van der Waals surface area contributed by atoms with Crippen molar-refractivity contribution >= 4 is 29.4 Å². The Hall–Kier alpha value is -5.17. The molecule has 3 N–H and O–H groups in total. The normalized spacial score (nSPS) is 17.2. The van der Waals surface area contributed by atoms with Gasteiger partial charge in [0.25, 0.3) is 5.91 Å². The first kappa shape index (κ1) is 37.1. The lowest BCUT2D eigenvalue weighted by Crippen LogP contribution is -2.59. The Bertz CT molecular complexity index is 1790. The second-order valence-electron chi connectivity index (χ2n) is 14.2. The molecule has 4 atom stereocenters. The van der Waals surface area contributed by atoms with Gasteiger partial charge in [0.1, 0.15) is 17.6 Å². The quantitative estimate of drug-likeness (QED) is 0.195. The molecule has 1 aliphatic rings. The largest absolute Gasteiger partial charge is 0.351 e. The first-order valence-electron chi connectivity index (χ1n) is 17.3. The number of aromatic nitrogens is 3. The summed E-state index contributed by atoms with van der Waals surface area (Å²) in [7, 11) is 1.67. The summed E-state index contributed by atoms with van der Waals surface area (Å²) < 4.78 is 15.4. The molecule has 4 aromatic rings. The molecule has 51 heavy (non-hydrogen) atoms. The molecule has 5 rings (SSSR count). The number of amides is 4. The number of benzene rings is 2. The molecule has 0 aliphatic carbocycles. The maximum atomic E-state index is 14.5. The number of imidazole rings is 1. The van der Waals surface area contributed by atoms with Gasteiger partial charge in [-0.15, -0.1) is 0 Å². The van der Waals surface area contributed by atoms with Crippen molar-refractivity contribution in [1.82, 2.24) is 40.1 Å². The Morgan fingerprint density at radius 3 is 2.41 bits per heavy atom. The van der Waals surface area contributed by atoms with Gasteiger partial charge in [-0.1, -0.05) is 63.2 Å². The highest BCUT2D eigenvalue weighted by atomic mass is 19.1. The predicted octanol–water partition coefficient (Wildman–Crippen LogP) is 3.02. The maximum absolute atomic E-state index is 14.5. The van der Waals surface area contributed by atoms with Crippen molar-refractivity contribution in [2.24, 2.45) is 5.41 Å². The molecule has 0 radical (unpaired) electrons. The fourth-order valence-corrected chi connectivity index (χ4v) is 6.28. The van der Waals surface area contributed by atoms with Crippen LogP contribution in [0.1, 0.15) is 55.7 Å². The van der Waals surface area contributed by atoms with Crippen LogP contribution in [0.4, 0.5) is 4.39 Å². The Morgan fingerprint density at radius 1 is 1.02 bits per heavy atom. The number of likely N-dealkylation sites (tertiary alicyclic amines) is 1. The van der Waals surface area contributed by atoms with Crippen LogP contribution in [0.3, 0.4) is 0 Å². The van der Waals surface area contributed by atoms with E-state index in [4.69, 9.17) is 0 Å². The van der Waals surface area contributed by atoms with Gasteiger partial charge in [-0.25, -0.2) is 14.4 Å². The van der Waals surface area contributed by atoms with Crippen LogP contribution >= 0.6 is 0 Å². The molecule has 0 spiro atoms. The number of fused-ring (bicyclic) bond motifs is 1. The number of hydrogen-bond donors (Lipinski definition) is 3. The van der Waals surface area contributed by atoms with E-state index in [9.17, 15) is 23.6 Å². The van der Waals surface area contributed by atoms with E-state index in [1.54, 1.807) is 65.0 Å². The van der Waals surface area contributed by atoms with E-state index in [0.29, 0.717) is 18.6 Å². The fourth-order valence-electron chi connectivity index (χ4n) is 6.28. The van der Waals surface area contributed by atoms with Crippen molar-refractivity contribution in [2.45, 2.75) is 71.1 Å². The van der Waals surface area contributed by atoms with E-state index in [-0.39, 0.29) is 61.2 Å². The van der Waals surface area contributed by atoms with Crippen molar-refractivity contribution in [1.29, 1.82) is 0 Å². The number of nitrogens with zero attached hydrogens (tertiary/aromatic N) is 5. The van der Waals surface area contributed by atoms with E-state index in [0.717, 1.165) is 11.1 Å². The minimum absolute atomic E-state index is 0.135. The molecular weight excluding hydrogens is 651 g/mol. The maximum Gasteiger partial charge on any atom is 0.274 e. The van der Waals surface area contributed by atoms with E-state index in [2.05, 4.69) is 25.9 Å². The molecule has 3 heterocycles. The number of likely N-dealkylation sites (N-methyl/N-ethyl adjacent to an activating group) is 1. The average molecular weight is 699 g/mol. The van der Waals surface area contributed by atoms with Gasteiger partial charge in [-0.05, 0) is 61.6 Å². The highest BCUT2D eigenvalue weighted by molar-refractivity contribution is 5.93. The number of carbonyl (C=O) groups is 4. The Morgan fingerprint density at radius 2 is 1.75 bits per heavy atom. The lowest BCUT2D eigenvalue weighted by molar-refractivity contribution is -0.140. The molecule has 0 saturated carbocycles. The lowest BCUT2D eigenvalue weighted by atomic mass is 9.85. The van der Waals surface area contributed by atoms with Crippen LogP contribution in [0, 0.1) is 11.2 Å². The monoisotopic (exact) mass is 698 g/mol. The van der Waals surface area contributed by atoms with Crippen LogP contribution < -0.4 is 16.0 Å². The van der Waals surface area contributed by atoms with Crippen LogP contribution in [-0.4, -0.2) is 98.6 Å². The van der Waals surface area contributed by atoms with Gasteiger partial charge < -0.3 is 25.8 Å². The minimum atomic E-state index is -0.880. The van der Waals surface area contributed by atoms with Crippen molar-refractivity contribution in [2.75, 3.05) is 26.7 Å². The number of carbonyl (C=O) groups excluding carboxylic acids is 4. The fraction of sp³-hybridized carbons (Fsp3) is 0.421. The van der Waals surface area contributed by atoms with Gasteiger partial charge in [0, 0.05) is 44.3 Å². The molecule has 1 saturated heterocycles. The van der Waals surface area contributed by atoms with Gasteiger partial charge in [-0.3, -0.25) is 23.6 Å². The summed E-state index contributed by atoms with van der Waals surface area (Å²) in [6.45, 7) is 7.98. The standard InChI is InChI=1S/C38H47FN8O4/c1-25(40-5)34(49)44-33(38(2,3)4)36(51)47-22-29(42-32(48)20-27-10-7-6-8-11-27)21-30(47)23-45(19-16-26-12-14-28(39)15-13-26)35(50)31-24-46-18-9-17-41-37(46)43-31/h6-15,17-18,24-25,29-30,33,40H,16,19-23H2,1-5H3,(H,42,48)(H,44,49)/t25-,29-,30-,33+/m0/s1. The van der Waals surface area contributed by atoms with Crippen molar-refractivity contribution in [3.63, 3.8) is 0 Å². The molecule has 13 heteroatoms. The number of rotatable bonds is 13. The summed E-state index contributed by atoms with van der Waals surface area (Å²) >= 11 is 0. The molecule has 4 amide bonds. The van der Waals surface area contributed by atoms with Gasteiger partial charge in [-0.2, -0.15) is 0 Å². The first-order chi connectivity index (χ1) is 24.3. The summed E-state index contributed by atoms with van der Waals surface area (Å²) in [5.41, 5.74) is 1.25. The third-order valence-corrected chi connectivity index (χ3v) is 9.25. The number of hydrogen-bond acceptors (Lipinski definition) is 7. The van der Waals surface area contributed by atoms with Gasteiger partial charge >= 0.3 is 0 Å². The molecule has 0 unspecified atom stereocenters. The zero-order chi connectivity index (χ0) is 36.7. The van der Waals surface area contributed by atoms with Crippen LogP contribution in [0.25, 0.3) is 5.78 Å². The van der Waals surface area contributed by atoms with E-state index >= 15 is 0 Å². The van der Waals surface area contributed by atoms with Crippen LogP contribution in [-0.2, 0) is 27.2 Å². The Kier molecular flexibility index (Phi) is 11.8. The molecule has 270 valence electrons.